The zero-order valence-corrected chi connectivity index (χ0v) is 13.0. The Morgan fingerprint density at radius 3 is 2.70 bits per heavy atom. The van der Waals surface area contributed by atoms with E-state index in [-0.39, 0.29) is 17.7 Å². The van der Waals surface area contributed by atoms with E-state index in [0.717, 1.165) is 6.42 Å². The molecule has 2 fully saturated rings. The van der Waals surface area contributed by atoms with Gasteiger partial charge in [-0.15, -0.1) is 0 Å². The summed E-state index contributed by atoms with van der Waals surface area (Å²) in [5, 5.41) is 12.0. The summed E-state index contributed by atoms with van der Waals surface area (Å²) in [6.07, 6.45) is 2.08. The largest absolute Gasteiger partial charge is 0.480 e. The van der Waals surface area contributed by atoms with Crippen LogP contribution in [0.15, 0.2) is 24.3 Å². The molecule has 0 radical (unpaired) electrons. The molecule has 3 rings (SSSR count). The lowest BCUT2D eigenvalue weighted by Gasteiger charge is -2.21. The molecule has 1 aromatic carbocycles. The van der Waals surface area contributed by atoms with Crippen LogP contribution in [0.25, 0.3) is 0 Å². The second-order valence-electron chi connectivity index (χ2n) is 6.38. The third-order valence-corrected chi connectivity index (χ3v) is 4.62. The van der Waals surface area contributed by atoms with Crippen LogP contribution in [-0.4, -0.2) is 40.4 Å². The smallest absolute Gasteiger partial charge is 0.326 e. The minimum atomic E-state index is -0.969. The number of hydrogen-bond donors (Lipinski definition) is 2. The van der Waals surface area contributed by atoms with Crippen molar-refractivity contribution in [2.75, 3.05) is 11.9 Å². The van der Waals surface area contributed by atoms with Crippen LogP contribution in [0.2, 0.25) is 0 Å². The predicted octanol–water partition coefficient (Wildman–Crippen LogP) is 1.97. The van der Waals surface area contributed by atoms with Gasteiger partial charge in [-0.05, 0) is 43.4 Å². The van der Waals surface area contributed by atoms with Gasteiger partial charge in [0, 0.05) is 23.7 Å². The molecule has 2 aliphatic rings. The maximum Gasteiger partial charge on any atom is 0.326 e. The van der Waals surface area contributed by atoms with Crippen molar-refractivity contribution in [1.82, 2.24) is 4.90 Å². The van der Waals surface area contributed by atoms with E-state index in [1.54, 1.807) is 24.3 Å². The van der Waals surface area contributed by atoms with Crippen LogP contribution in [0.1, 0.15) is 36.5 Å². The fourth-order valence-electron chi connectivity index (χ4n) is 3.08. The minimum absolute atomic E-state index is 0.0216. The summed E-state index contributed by atoms with van der Waals surface area (Å²) in [5.74, 6) is -0.814. The molecule has 2 N–H and O–H groups in total. The van der Waals surface area contributed by atoms with Gasteiger partial charge in [-0.25, -0.2) is 4.79 Å². The Labute approximate surface area is 134 Å². The number of carbonyl (C=O) groups is 3. The minimum Gasteiger partial charge on any atom is -0.480 e. The van der Waals surface area contributed by atoms with E-state index in [1.165, 1.54) is 4.90 Å². The highest BCUT2D eigenvalue weighted by Gasteiger charge is 2.39. The first-order valence-electron chi connectivity index (χ1n) is 7.92. The Hall–Kier alpha value is -2.37. The second kappa shape index (κ2) is 6.02. The molecule has 1 aliphatic heterocycles. The van der Waals surface area contributed by atoms with Gasteiger partial charge in [-0.3, -0.25) is 9.59 Å². The maximum absolute atomic E-state index is 12.5. The lowest BCUT2D eigenvalue weighted by atomic mass is 10.1. The van der Waals surface area contributed by atoms with E-state index < -0.39 is 12.0 Å². The van der Waals surface area contributed by atoms with Gasteiger partial charge < -0.3 is 15.3 Å². The number of likely N-dealkylation sites (tertiary alicyclic amines) is 1. The number of benzene rings is 1. The Balaban J connectivity index is 1.72. The summed E-state index contributed by atoms with van der Waals surface area (Å²) in [6.45, 7) is 2.48. The van der Waals surface area contributed by atoms with Crippen LogP contribution in [-0.2, 0) is 9.59 Å². The Kier molecular flexibility index (Phi) is 4.07. The topological polar surface area (TPSA) is 86.7 Å². The molecule has 1 aliphatic carbocycles. The van der Waals surface area contributed by atoms with Crippen LogP contribution in [0.4, 0.5) is 5.69 Å². The van der Waals surface area contributed by atoms with Crippen molar-refractivity contribution >= 4 is 23.5 Å². The third-order valence-electron chi connectivity index (χ3n) is 4.62. The fraction of sp³-hybridized carbons (Fsp3) is 0.471. The number of amides is 2. The number of rotatable bonds is 4. The van der Waals surface area contributed by atoms with Crippen molar-refractivity contribution in [1.29, 1.82) is 0 Å². The molecule has 1 heterocycles. The molecule has 1 aromatic rings. The van der Waals surface area contributed by atoms with E-state index in [1.807, 2.05) is 6.92 Å². The van der Waals surface area contributed by atoms with Gasteiger partial charge in [0.15, 0.2) is 0 Å². The highest BCUT2D eigenvalue weighted by atomic mass is 16.4. The number of carboxylic acid groups (broad SMARTS) is 1. The molecule has 2 amide bonds. The van der Waals surface area contributed by atoms with Gasteiger partial charge in [-0.1, -0.05) is 13.0 Å². The molecule has 122 valence electrons. The number of carboxylic acids is 1. The van der Waals surface area contributed by atoms with Crippen LogP contribution in [0, 0.1) is 11.8 Å². The lowest BCUT2D eigenvalue weighted by molar-refractivity contribution is -0.141. The maximum atomic E-state index is 12.5. The average molecular weight is 316 g/mol. The SMILES string of the molecule is CC1CC1C(=O)Nc1cccc(C(=O)N2CCC[C@@H]2C(=O)O)c1. The highest BCUT2D eigenvalue weighted by Crippen LogP contribution is 2.38. The number of nitrogens with one attached hydrogen (secondary N) is 1. The van der Waals surface area contributed by atoms with Gasteiger partial charge >= 0.3 is 5.97 Å². The lowest BCUT2D eigenvalue weighted by Crippen LogP contribution is -2.40. The van der Waals surface area contributed by atoms with Crippen molar-refractivity contribution in [3.05, 3.63) is 29.8 Å². The molecule has 1 saturated heterocycles. The van der Waals surface area contributed by atoms with E-state index in [0.29, 0.717) is 36.6 Å². The Morgan fingerprint density at radius 2 is 2.04 bits per heavy atom. The summed E-state index contributed by atoms with van der Waals surface area (Å²) in [4.78, 5) is 37.1. The average Bonchev–Trinajstić information content (AvgIpc) is 3.06. The number of carbonyl (C=O) groups excluding carboxylic acids is 2. The first-order valence-corrected chi connectivity index (χ1v) is 7.92. The second-order valence-corrected chi connectivity index (χ2v) is 6.38. The van der Waals surface area contributed by atoms with Gasteiger partial charge in [-0.2, -0.15) is 0 Å². The molecule has 6 heteroatoms. The van der Waals surface area contributed by atoms with Crippen molar-refractivity contribution < 1.29 is 19.5 Å². The highest BCUT2D eigenvalue weighted by molar-refractivity contribution is 5.99. The molecule has 0 spiro atoms. The summed E-state index contributed by atoms with van der Waals surface area (Å²) in [7, 11) is 0. The molecule has 0 bridgehead atoms. The van der Waals surface area contributed by atoms with Gasteiger partial charge in [0.25, 0.3) is 5.91 Å². The molecule has 0 aromatic heterocycles. The molecule has 1 saturated carbocycles. The molecule has 3 atom stereocenters. The third kappa shape index (κ3) is 3.21. The zero-order valence-electron chi connectivity index (χ0n) is 13.0. The number of hydrogen-bond acceptors (Lipinski definition) is 3. The van der Waals surface area contributed by atoms with E-state index in [4.69, 9.17) is 0 Å². The van der Waals surface area contributed by atoms with Crippen molar-refractivity contribution in [2.45, 2.75) is 32.2 Å². The summed E-state index contributed by atoms with van der Waals surface area (Å²) in [6, 6.07) is 5.94. The Bertz CT molecular complexity index is 658. The predicted molar refractivity (Wildman–Crippen MR) is 84.0 cm³/mol. The zero-order chi connectivity index (χ0) is 16.6. The molecule has 23 heavy (non-hydrogen) atoms. The first-order chi connectivity index (χ1) is 11.0. The molecule has 2 unspecified atom stereocenters. The number of anilines is 1. The molecular formula is C17H20N2O4. The van der Waals surface area contributed by atoms with Crippen LogP contribution >= 0.6 is 0 Å². The number of nitrogens with zero attached hydrogens (tertiary/aromatic N) is 1. The van der Waals surface area contributed by atoms with Crippen molar-refractivity contribution in [3.8, 4) is 0 Å². The van der Waals surface area contributed by atoms with Gasteiger partial charge in [0.2, 0.25) is 5.91 Å². The van der Waals surface area contributed by atoms with E-state index >= 15 is 0 Å². The normalized spacial score (nSPS) is 26.0. The molecular weight excluding hydrogens is 296 g/mol. The molecule has 6 nitrogen and oxygen atoms in total. The van der Waals surface area contributed by atoms with Crippen molar-refractivity contribution in [2.24, 2.45) is 11.8 Å². The summed E-state index contributed by atoms with van der Waals surface area (Å²) >= 11 is 0. The van der Waals surface area contributed by atoms with Gasteiger partial charge in [0.1, 0.15) is 6.04 Å². The van der Waals surface area contributed by atoms with Crippen LogP contribution in [0.5, 0.6) is 0 Å². The monoisotopic (exact) mass is 316 g/mol. The summed E-state index contributed by atoms with van der Waals surface area (Å²) < 4.78 is 0. The van der Waals surface area contributed by atoms with Gasteiger partial charge in [0.05, 0.1) is 0 Å². The Morgan fingerprint density at radius 1 is 1.30 bits per heavy atom. The van der Waals surface area contributed by atoms with E-state index in [9.17, 15) is 19.5 Å². The fourth-order valence-corrected chi connectivity index (χ4v) is 3.08. The van der Waals surface area contributed by atoms with Crippen LogP contribution < -0.4 is 5.32 Å². The van der Waals surface area contributed by atoms with Crippen LogP contribution in [0.3, 0.4) is 0 Å². The summed E-state index contributed by atoms with van der Waals surface area (Å²) in [5.41, 5.74) is 0.978. The van der Waals surface area contributed by atoms with E-state index in [2.05, 4.69) is 5.32 Å². The standard InChI is InChI=1S/C17H20N2O4/c1-10-8-13(10)15(20)18-12-5-2-4-11(9-12)16(21)19-7-3-6-14(19)17(22)23/h2,4-5,9-10,13-14H,3,6-8H2,1H3,(H,18,20)(H,22,23)/t10?,13?,14-/m1/s1. The quantitative estimate of drug-likeness (QED) is 0.889. The number of aliphatic carboxylic acids is 1. The van der Waals surface area contributed by atoms with Crippen molar-refractivity contribution in [3.63, 3.8) is 0 Å². The first kappa shape index (κ1) is 15.5.